The first kappa shape index (κ1) is 15.7. The summed E-state index contributed by atoms with van der Waals surface area (Å²) >= 11 is 3.60. The molecule has 122 valence electrons. The number of thioether (sulfide) groups is 1. The zero-order valence-electron chi connectivity index (χ0n) is 12.7. The molecule has 8 heteroatoms. The Morgan fingerprint density at radius 2 is 2.17 bits per heavy atom. The molecule has 0 saturated carbocycles. The summed E-state index contributed by atoms with van der Waals surface area (Å²) in [4.78, 5) is 17.5. The quantitative estimate of drug-likeness (QED) is 0.706. The van der Waals surface area contributed by atoms with E-state index < -0.39 is 6.17 Å². The van der Waals surface area contributed by atoms with E-state index in [9.17, 15) is 4.79 Å². The number of furan rings is 1. The SMILES string of the molecule is CCSC1=NN2C(=c3ccccc3=N[C@H]2c2ccc(I)o2)C(=O)N1. The summed E-state index contributed by atoms with van der Waals surface area (Å²) in [5.74, 6) is 1.31. The van der Waals surface area contributed by atoms with Gasteiger partial charge in [0.2, 0.25) is 6.17 Å². The Bertz CT molecular complexity index is 968. The van der Waals surface area contributed by atoms with E-state index in [4.69, 9.17) is 9.41 Å². The number of fused-ring (bicyclic) bond motifs is 2. The molecule has 0 fully saturated rings. The summed E-state index contributed by atoms with van der Waals surface area (Å²) in [7, 11) is 0. The van der Waals surface area contributed by atoms with Crippen molar-refractivity contribution in [3.05, 3.63) is 56.5 Å². The Balaban J connectivity index is 1.95. The van der Waals surface area contributed by atoms with E-state index in [1.165, 1.54) is 11.8 Å². The second-order valence-electron chi connectivity index (χ2n) is 5.15. The fourth-order valence-electron chi connectivity index (χ4n) is 2.68. The smallest absolute Gasteiger partial charge is 0.276 e. The van der Waals surface area contributed by atoms with Crippen LogP contribution in [-0.4, -0.2) is 21.8 Å². The number of amides is 1. The molecule has 0 unspecified atom stereocenters. The fraction of sp³-hybridized carbons (Fsp3) is 0.188. The Morgan fingerprint density at radius 3 is 2.92 bits per heavy atom. The van der Waals surface area contributed by atoms with Gasteiger partial charge in [-0.05, 0) is 46.5 Å². The zero-order valence-corrected chi connectivity index (χ0v) is 15.7. The van der Waals surface area contributed by atoms with Gasteiger partial charge in [0.05, 0.1) is 5.36 Å². The van der Waals surface area contributed by atoms with Crippen LogP contribution in [0, 0.1) is 3.77 Å². The van der Waals surface area contributed by atoms with Crippen molar-refractivity contribution in [1.82, 2.24) is 10.3 Å². The standard InChI is InChI=1S/C16H13IN4O2S/c1-2-24-16-19-15(22)13-9-5-3-4-6-10(9)18-14(21(13)20-16)11-7-8-12(17)23-11/h3-8,14H,2H2,1H3,(H,19,20,22)/t14-/m1/s1. The maximum Gasteiger partial charge on any atom is 0.276 e. The van der Waals surface area contributed by atoms with Gasteiger partial charge in [-0.25, -0.2) is 10.0 Å². The molecular weight excluding hydrogens is 439 g/mol. The van der Waals surface area contributed by atoms with Gasteiger partial charge in [-0.2, -0.15) is 0 Å². The molecule has 1 amide bonds. The lowest BCUT2D eigenvalue weighted by Crippen LogP contribution is -2.50. The molecule has 4 rings (SSSR count). The average molecular weight is 452 g/mol. The van der Waals surface area contributed by atoms with Crippen LogP contribution in [0.4, 0.5) is 0 Å². The van der Waals surface area contributed by atoms with Gasteiger partial charge >= 0.3 is 0 Å². The molecule has 1 atom stereocenters. The largest absolute Gasteiger partial charge is 0.451 e. The van der Waals surface area contributed by atoms with E-state index in [0.29, 0.717) is 16.6 Å². The normalized spacial score (nSPS) is 19.2. The molecule has 24 heavy (non-hydrogen) atoms. The molecule has 1 aromatic heterocycles. The minimum atomic E-state index is -0.489. The first-order chi connectivity index (χ1) is 11.7. The number of amidine groups is 1. The summed E-state index contributed by atoms with van der Waals surface area (Å²) in [6.07, 6.45) is -0.489. The van der Waals surface area contributed by atoms with Gasteiger partial charge in [-0.15, -0.1) is 5.10 Å². The summed E-state index contributed by atoms with van der Waals surface area (Å²) in [6, 6.07) is 11.3. The van der Waals surface area contributed by atoms with Gasteiger partial charge in [0.15, 0.2) is 14.7 Å². The van der Waals surface area contributed by atoms with Crippen LogP contribution in [0.5, 0.6) is 0 Å². The predicted octanol–water partition coefficient (Wildman–Crippen LogP) is 1.78. The highest BCUT2D eigenvalue weighted by atomic mass is 127. The van der Waals surface area contributed by atoms with Gasteiger partial charge in [0, 0.05) is 5.22 Å². The number of nitrogens with zero attached hydrogens (tertiary/aromatic N) is 3. The number of hydrazone groups is 1. The molecule has 0 radical (unpaired) electrons. The molecule has 0 spiro atoms. The van der Waals surface area contributed by atoms with Crippen molar-refractivity contribution >= 4 is 51.1 Å². The Labute approximate surface area is 155 Å². The van der Waals surface area contributed by atoms with Gasteiger partial charge in [-0.3, -0.25) is 10.1 Å². The van der Waals surface area contributed by atoms with Crippen LogP contribution in [0.15, 0.2) is 50.9 Å². The van der Waals surface area contributed by atoms with Crippen LogP contribution in [-0.2, 0) is 4.79 Å². The maximum absolute atomic E-state index is 12.7. The molecule has 0 bridgehead atoms. The van der Waals surface area contributed by atoms with Crippen LogP contribution in [0.2, 0.25) is 0 Å². The average Bonchev–Trinajstić information content (AvgIpc) is 3.00. The molecule has 1 N–H and O–H groups in total. The van der Waals surface area contributed by atoms with Crippen molar-refractivity contribution in [2.45, 2.75) is 13.1 Å². The maximum atomic E-state index is 12.7. The van der Waals surface area contributed by atoms with Crippen molar-refractivity contribution in [3.8, 4) is 0 Å². The number of carbonyl (C=O) groups excluding carboxylic acids is 1. The van der Waals surface area contributed by atoms with E-state index >= 15 is 0 Å². The fourth-order valence-corrected chi connectivity index (χ4v) is 3.70. The highest BCUT2D eigenvalue weighted by Crippen LogP contribution is 2.31. The van der Waals surface area contributed by atoms with Crippen LogP contribution in [0.1, 0.15) is 18.8 Å². The van der Waals surface area contributed by atoms with Crippen molar-refractivity contribution in [2.75, 3.05) is 5.75 Å². The number of hydrogen-bond acceptors (Lipinski definition) is 6. The third kappa shape index (κ3) is 2.63. The van der Waals surface area contributed by atoms with E-state index in [0.717, 1.165) is 20.1 Å². The molecule has 3 heterocycles. The number of nitrogens with one attached hydrogen (secondary N) is 1. The molecule has 2 aliphatic rings. The first-order valence-corrected chi connectivity index (χ1v) is 9.48. The highest BCUT2D eigenvalue weighted by Gasteiger charge is 2.35. The minimum absolute atomic E-state index is 0.172. The van der Waals surface area contributed by atoms with Gasteiger partial charge < -0.3 is 4.42 Å². The van der Waals surface area contributed by atoms with E-state index in [-0.39, 0.29) is 5.91 Å². The lowest BCUT2D eigenvalue weighted by atomic mass is 10.1. The van der Waals surface area contributed by atoms with Crippen molar-refractivity contribution in [1.29, 1.82) is 0 Å². The predicted molar refractivity (Wildman–Crippen MR) is 100 cm³/mol. The van der Waals surface area contributed by atoms with E-state index in [2.05, 4.69) is 33.0 Å². The highest BCUT2D eigenvalue weighted by molar-refractivity contribution is 14.1. The lowest BCUT2D eigenvalue weighted by molar-refractivity contribution is -0.116. The third-order valence-electron chi connectivity index (χ3n) is 3.64. The van der Waals surface area contributed by atoms with Gasteiger partial charge in [0.1, 0.15) is 5.70 Å². The second-order valence-corrected chi connectivity index (χ2v) is 7.46. The summed E-state index contributed by atoms with van der Waals surface area (Å²) in [5, 5.41) is 11.2. The number of para-hydroxylation sites is 1. The van der Waals surface area contributed by atoms with Crippen LogP contribution < -0.4 is 15.9 Å². The Morgan fingerprint density at radius 1 is 1.33 bits per heavy atom. The van der Waals surface area contributed by atoms with E-state index in [1.807, 2.05) is 43.3 Å². The van der Waals surface area contributed by atoms with E-state index in [1.54, 1.807) is 5.01 Å². The number of hydrogen-bond donors (Lipinski definition) is 1. The van der Waals surface area contributed by atoms with Crippen LogP contribution in [0.3, 0.4) is 0 Å². The number of benzene rings is 1. The number of rotatable bonds is 2. The Kier molecular flexibility index (Phi) is 4.09. The summed E-state index contributed by atoms with van der Waals surface area (Å²) < 4.78 is 6.52. The topological polar surface area (TPSA) is 70.2 Å². The second kappa shape index (κ2) is 6.25. The zero-order chi connectivity index (χ0) is 16.7. The number of carbonyl (C=O) groups is 1. The molecule has 0 saturated heterocycles. The number of halogens is 1. The van der Waals surface area contributed by atoms with Crippen molar-refractivity contribution < 1.29 is 9.21 Å². The lowest BCUT2D eigenvalue weighted by Gasteiger charge is -2.32. The van der Waals surface area contributed by atoms with Crippen molar-refractivity contribution in [2.24, 2.45) is 10.1 Å². The van der Waals surface area contributed by atoms with Crippen LogP contribution >= 0.6 is 34.4 Å². The summed E-state index contributed by atoms with van der Waals surface area (Å²) in [5.41, 5.74) is 0.498. The van der Waals surface area contributed by atoms with Gasteiger partial charge in [0.25, 0.3) is 5.91 Å². The van der Waals surface area contributed by atoms with Crippen LogP contribution in [0.25, 0.3) is 5.70 Å². The molecule has 2 aromatic rings. The summed E-state index contributed by atoms with van der Waals surface area (Å²) in [6.45, 7) is 2.01. The van der Waals surface area contributed by atoms with Crippen molar-refractivity contribution in [3.63, 3.8) is 0 Å². The molecule has 2 aliphatic heterocycles. The minimum Gasteiger partial charge on any atom is -0.451 e. The monoisotopic (exact) mass is 452 g/mol. The molecular formula is C16H13IN4O2S. The molecule has 0 aliphatic carbocycles. The first-order valence-electron chi connectivity index (χ1n) is 7.42. The molecule has 1 aromatic carbocycles. The Hall–Kier alpha value is -1.81. The van der Waals surface area contributed by atoms with Gasteiger partial charge in [-0.1, -0.05) is 36.9 Å². The molecule has 6 nitrogen and oxygen atoms in total. The third-order valence-corrected chi connectivity index (χ3v) is 4.97.